The molecule has 0 bridgehead atoms. The lowest BCUT2D eigenvalue weighted by atomic mass is 10.1. The molecule has 5 nitrogen and oxygen atoms in total. The molecule has 0 saturated carbocycles. The lowest BCUT2D eigenvalue weighted by Gasteiger charge is -2.15. The van der Waals surface area contributed by atoms with E-state index in [0.29, 0.717) is 0 Å². The molecule has 0 amide bonds. The monoisotopic (exact) mass is 297 g/mol. The van der Waals surface area contributed by atoms with Crippen molar-refractivity contribution < 1.29 is 4.74 Å². The Morgan fingerprint density at radius 3 is 2.77 bits per heavy atom. The molecule has 2 aromatic carbocycles. The van der Waals surface area contributed by atoms with Gasteiger partial charge in [-0.1, -0.05) is 18.2 Å². The minimum absolute atomic E-state index is 0.176. The number of aromatic nitrogens is 2. The third kappa shape index (κ3) is 3.04. The average molecular weight is 297 g/mol. The fourth-order valence-electron chi connectivity index (χ4n) is 2.49. The predicted molar refractivity (Wildman–Crippen MR) is 87.2 cm³/mol. The summed E-state index contributed by atoms with van der Waals surface area (Å²) in [5, 5.41) is 3.48. The zero-order valence-corrected chi connectivity index (χ0v) is 12.6. The van der Waals surface area contributed by atoms with Gasteiger partial charge in [0.1, 0.15) is 5.75 Å². The number of fused-ring (bicyclic) bond motifs is 1. The minimum Gasteiger partial charge on any atom is -0.497 e. The summed E-state index contributed by atoms with van der Waals surface area (Å²) in [6.45, 7) is 2.84. The second-order valence-electron chi connectivity index (χ2n) is 5.34. The summed E-state index contributed by atoms with van der Waals surface area (Å²) in [6, 6.07) is 14.2. The highest BCUT2D eigenvalue weighted by molar-refractivity contribution is 5.74. The largest absolute Gasteiger partial charge is 0.497 e. The van der Waals surface area contributed by atoms with Crippen molar-refractivity contribution in [1.82, 2.24) is 15.3 Å². The van der Waals surface area contributed by atoms with Crippen LogP contribution in [0.15, 0.2) is 47.3 Å². The van der Waals surface area contributed by atoms with Crippen LogP contribution < -0.4 is 15.7 Å². The van der Waals surface area contributed by atoms with E-state index >= 15 is 0 Å². The average Bonchev–Trinajstić information content (AvgIpc) is 2.91. The maximum absolute atomic E-state index is 11.3. The Morgan fingerprint density at radius 2 is 1.95 bits per heavy atom. The smallest absolute Gasteiger partial charge is 0.323 e. The molecule has 1 aromatic heterocycles. The highest BCUT2D eigenvalue weighted by atomic mass is 16.5. The third-order valence-electron chi connectivity index (χ3n) is 3.79. The molecule has 0 aliphatic rings. The molecule has 5 heteroatoms. The van der Waals surface area contributed by atoms with E-state index < -0.39 is 0 Å². The lowest BCUT2D eigenvalue weighted by Crippen LogP contribution is -2.18. The molecule has 114 valence electrons. The fraction of sp³-hybridized carbons (Fsp3) is 0.235. The summed E-state index contributed by atoms with van der Waals surface area (Å²) in [5.41, 5.74) is 3.78. The number of rotatable bonds is 5. The van der Waals surface area contributed by atoms with Gasteiger partial charge in [-0.2, -0.15) is 0 Å². The predicted octanol–water partition coefficient (Wildman–Crippen LogP) is 2.72. The minimum atomic E-state index is -0.176. The topological polar surface area (TPSA) is 69.9 Å². The van der Waals surface area contributed by atoms with Crippen LogP contribution in [0.25, 0.3) is 11.0 Å². The van der Waals surface area contributed by atoms with Crippen molar-refractivity contribution in [3.63, 3.8) is 0 Å². The second-order valence-corrected chi connectivity index (χ2v) is 5.34. The molecule has 3 aromatic rings. The quantitative estimate of drug-likeness (QED) is 0.678. The number of benzene rings is 2. The van der Waals surface area contributed by atoms with Gasteiger partial charge in [0.15, 0.2) is 0 Å². The summed E-state index contributed by atoms with van der Waals surface area (Å²) in [5.74, 6) is 0.859. The molecule has 0 spiro atoms. The number of hydrogen-bond acceptors (Lipinski definition) is 3. The van der Waals surface area contributed by atoms with Crippen LogP contribution in [-0.4, -0.2) is 17.1 Å². The Labute approximate surface area is 128 Å². The van der Waals surface area contributed by atoms with E-state index in [4.69, 9.17) is 4.74 Å². The first-order chi connectivity index (χ1) is 10.7. The number of H-pyrrole nitrogens is 2. The van der Waals surface area contributed by atoms with Crippen molar-refractivity contribution in [2.75, 3.05) is 7.11 Å². The fourth-order valence-corrected chi connectivity index (χ4v) is 2.49. The van der Waals surface area contributed by atoms with Gasteiger partial charge >= 0.3 is 5.69 Å². The molecular weight excluding hydrogens is 278 g/mol. The zero-order chi connectivity index (χ0) is 15.5. The first-order valence-electron chi connectivity index (χ1n) is 7.24. The number of nitrogens with one attached hydrogen (secondary N) is 3. The maximum Gasteiger partial charge on any atom is 0.323 e. The van der Waals surface area contributed by atoms with Crippen molar-refractivity contribution in [2.24, 2.45) is 0 Å². The van der Waals surface area contributed by atoms with E-state index in [9.17, 15) is 4.79 Å². The standard InChI is InChI=1S/C17H19N3O2/c1-11(13-4-3-5-14(9-13)22-2)18-10-12-6-7-15-16(8-12)20-17(21)19-15/h3-9,11,18H,10H2,1-2H3,(H2,19,20,21)/t11-/m0/s1. The van der Waals surface area contributed by atoms with Gasteiger partial charge in [0.05, 0.1) is 18.1 Å². The number of aromatic amines is 2. The van der Waals surface area contributed by atoms with Gasteiger partial charge in [0.25, 0.3) is 0 Å². The van der Waals surface area contributed by atoms with Crippen LogP contribution in [0.3, 0.4) is 0 Å². The van der Waals surface area contributed by atoms with Crippen LogP contribution >= 0.6 is 0 Å². The Hall–Kier alpha value is -2.53. The van der Waals surface area contributed by atoms with Crippen LogP contribution in [0.5, 0.6) is 5.75 Å². The van der Waals surface area contributed by atoms with E-state index in [0.717, 1.165) is 28.9 Å². The molecule has 22 heavy (non-hydrogen) atoms. The molecule has 0 radical (unpaired) electrons. The van der Waals surface area contributed by atoms with E-state index in [2.05, 4.69) is 28.3 Å². The highest BCUT2D eigenvalue weighted by Crippen LogP contribution is 2.19. The van der Waals surface area contributed by atoms with Crippen LogP contribution in [0.1, 0.15) is 24.1 Å². The van der Waals surface area contributed by atoms with E-state index in [1.54, 1.807) is 7.11 Å². The van der Waals surface area contributed by atoms with Crippen molar-refractivity contribution in [1.29, 1.82) is 0 Å². The van der Waals surface area contributed by atoms with Crippen molar-refractivity contribution in [2.45, 2.75) is 19.5 Å². The van der Waals surface area contributed by atoms with Crippen molar-refractivity contribution in [3.05, 3.63) is 64.1 Å². The van der Waals surface area contributed by atoms with E-state index in [1.165, 1.54) is 5.56 Å². The SMILES string of the molecule is COc1cccc([C@H](C)NCc2ccc3[nH]c(=O)[nH]c3c2)c1. The zero-order valence-electron chi connectivity index (χ0n) is 12.6. The molecule has 0 saturated heterocycles. The Kier molecular flexibility index (Phi) is 3.98. The van der Waals surface area contributed by atoms with Gasteiger partial charge in [0, 0.05) is 12.6 Å². The number of ether oxygens (including phenoxy) is 1. The van der Waals surface area contributed by atoms with E-state index in [-0.39, 0.29) is 11.7 Å². The Balaban J connectivity index is 1.70. The Bertz CT molecular complexity index is 835. The van der Waals surface area contributed by atoms with Crippen LogP contribution in [0, 0.1) is 0 Å². The van der Waals surface area contributed by atoms with Gasteiger partial charge in [-0.05, 0) is 42.3 Å². The third-order valence-corrected chi connectivity index (χ3v) is 3.79. The van der Waals surface area contributed by atoms with Gasteiger partial charge in [-0.15, -0.1) is 0 Å². The normalized spacial score (nSPS) is 12.5. The van der Waals surface area contributed by atoms with Crippen molar-refractivity contribution in [3.8, 4) is 5.75 Å². The van der Waals surface area contributed by atoms with Crippen LogP contribution in [-0.2, 0) is 6.54 Å². The summed E-state index contributed by atoms with van der Waals surface area (Å²) in [4.78, 5) is 16.8. The van der Waals surface area contributed by atoms with Gasteiger partial charge in [-0.25, -0.2) is 4.79 Å². The molecule has 1 heterocycles. The first-order valence-corrected chi connectivity index (χ1v) is 7.24. The summed E-state index contributed by atoms with van der Waals surface area (Å²) in [6.07, 6.45) is 0. The van der Waals surface area contributed by atoms with Gasteiger partial charge in [-0.3, -0.25) is 0 Å². The van der Waals surface area contributed by atoms with Gasteiger partial charge < -0.3 is 20.0 Å². The molecule has 3 rings (SSSR count). The molecule has 3 N–H and O–H groups in total. The maximum atomic E-state index is 11.3. The molecule has 0 aliphatic heterocycles. The molecule has 0 aliphatic carbocycles. The molecular formula is C17H19N3O2. The van der Waals surface area contributed by atoms with E-state index in [1.807, 2.05) is 36.4 Å². The first kappa shape index (κ1) is 14.4. The van der Waals surface area contributed by atoms with Crippen LogP contribution in [0.2, 0.25) is 0 Å². The summed E-state index contributed by atoms with van der Waals surface area (Å²) in [7, 11) is 1.67. The van der Waals surface area contributed by atoms with Crippen molar-refractivity contribution >= 4 is 11.0 Å². The lowest BCUT2D eigenvalue weighted by molar-refractivity contribution is 0.413. The molecule has 0 unspecified atom stereocenters. The number of imidazole rings is 1. The number of methoxy groups -OCH3 is 1. The summed E-state index contributed by atoms with van der Waals surface area (Å²) < 4.78 is 5.25. The number of hydrogen-bond donors (Lipinski definition) is 3. The van der Waals surface area contributed by atoms with Gasteiger partial charge in [0.2, 0.25) is 0 Å². The second kappa shape index (κ2) is 6.07. The molecule has 0 fully saturated rings. The highest BCUT2D eigenvalue weighted by Gasteiger charge is 2.07. The Morgan fingerprint density at radius 1 is 1.14 bits per heavy atom. The van der Waals surface area contributed by atoms with Crippen LogP contribution in [0.4, 0.5) is 0 Å². The molecule has 1 atom stereocenters. The summed E-state index contributed by atoms with van der Waals surface area (Å²) >= 11 is 0.